The van der Waals surface area contributed by atoms with Crippen LogP contribution < -0.4 is 29.0 Å². The Balaban J connectivity index is 1.40. The summed E-state index contributed by atoms with van der Waals surface area (Å²) in [5.41, 5.74) is 4.50. The molecule has 34 heavy (non-hydrogen) atoms. The van der Waals surface area contributed by atoms with E-state index < -0.39 is 0 Å². The van der Waals surface area contributed by atoms with Gasteiger partial charge in [-0.15, -0.1) is 0 Å². The lowest BCUT2D eigenvalue weighted by Crippen LogP contribution is -2.28. The van der Waals surface area contributed by atoms with Crippen LogP contribution in [0.15, 0.2) is 60.7 Å². The van der Waals surface area contributed by atoms with Crippen LogP contribution in [0.2, 0.25) is 0 Å². The van der Waals surface area contributed by atoms with E-state index in [4.69, 9.17) is 23.7 Å². The lowest BCUT2D eigenvalue weighted by Gasteiger charge is -2.26. The van der Waals surface area contributed by atoms with Gasteiger partial charge in [0.15, 0.2) is 23.0 Å². The third-order valence-electron chi connectivity index (χ3n) is 6.12. The number of ether oxygens (including phenoxy) is 5. The Morgan fingerprint density at radius 2 is 1.68 bits per heavy atom. The predicted molar refractivity (Wildman–Crippen MR) is 131 cm³/mol. The molecule has 6 nitrogen and oxygen atoms in total. The first-order valence-corrected chi connectivity index (χ1v) is 11.5. The molecule has 0 bridgehead atoms. The SMILES string of the molecule is COc1cc2c(cc1C=CC1NCCc3cc(OCc4ccccc4)c(OC)cc31)OCCO2. The summed E-state index contributed by atoms with van der Waals surface area (Å²) < 4.78 is 28.8. The molecule has 0 radical (unpaired) electrons. The van der Waals surface area contributed by atoms with E-state index >= 15 is 0 Å². The van der Waals surface area contributed by atoms with Crippen LogP contribution in [0.5, 0.6) is 28.7 Å². The fourth-order valence-corrected chi connectivity index (χ4v) is 4.37. The van der Waals surface area contributed by atoms with Gasteiger partial charge in [-0.2, -0.15) is 0 Å². The van der Waals surface area contributed by atoms with Crippen molar-refractivity contribution in [3.63, 3.8) is 0 Å². The molecule has 0 amide bonds. The summed E-state index contributed by atoms with van der Waals surface area (Å²) in [5.74, 6) is 3.70. The fraction of sp³-hybridized carbons (Fsp3) is 0.286. The number of methoxy groups -OCH3 is 2. The number of hydrogen-bond donors (Lipinski definition) is 1. The fourth-order valence-electron chi connectivity index (χ4n) is 4.37. The number of hydrogen-bond acceptors (Lipinski definition) is 6. The molecule has 0 spiro atoms. The van der Waals surface area contributed by atoms with Crippen molar-refractivity contribution >= 4 is 6.08 Å². The van der Waals surface area contributed by atoms with E-state index in [0.29, 0.717) is 25.6 Å². The lowest BCUT2D eigenvalue weighted by molar-refractivity contribution is 0.170. The van der Waals surface area contributed by atoms with E-state index in [1.807, 2.05) is 30.3 Å². The Morgan fingerprint density at radius 1 is 0.912 bits per heavy atom. The third kappa shape index (κ3) is 4.68. The molecule has 0 aromatic heterocycles. The molecule has 5 rings (SSSR count). The first-order chi connectivity index (χ1) is 16.7. The third-order valence-corrected chi connectivity index (χ3v) is 6.12. The molecule has 6 heteroatoms. The van der Waals surface area contributed by atoms with Gasteiger partial charge < -0.3 is 29.0 Å². The van der Waals surface area contributed by atoms with E-state index in [2.05, 4.69) is 41.7 Å². The molecular weight excluding hydrogens is 430 g/mol. The summed E-state index contributed by atoms with van der Waals surface area (Å²) in [6.07, 6.45) is 5.14. The van der Waals surface area contributed by atoms with E-state index in [1.54, 1.807) is 14.2 Å². The molecule has 0 aliphatic carbocycles. The molecule has 0 fully saturated rings. The minimum absolute atomic E-state index is 0.0405. The van der Waals surface area contributed by atoms with Crippen LogP contribution >= 0.6 is 0 Å². The van der Waals surface area contributed by atoms with Gasteiger partial charge in [-0.25, -0.2) is 0 Å². The summed E-state index contributed by atoms with van der Waals surface area (Å²) in [4.78, 5) is 0. The molecular formula is C28H29NO5. The van der Waals surface area contributed by atoms with E-state index in [1.165, 1.54) is 11.1 Å². The smallest absolute Gasteiger partial charge is 0.165 e. The van der Waals surface area contributed by atoms with Gasteiger partial charge in [-0.05, 0) is 41.3 Å². The highest BCUT2D eigenvalue weighted by atomic mass is 16.6. The predicted octanol–water partition coefficient (Wildman–Crippen LogP) is 4.95. The molecule has 1 N–H and O–H groups in total. The molecule has 0 saturated heterocycles. The Hall–Kier alpha value is -3.64. The average molecular weight is 460 g/mol. The van der Waals surface area contributed by atoms with Gasteiger partial charge in [-0.3, -0.25) is 0 Å². The van der Waals surface area contributed by atoms with Crippen LogP contribution in [0, 0.1) is 0 Å². The highest BCUT2D eigenvalue weighted by molar-refractivity contribution is 5.64. The van der Waals surface area contributed by atoms with E-state index in [-0.39, 0.29) is 6.04 Å². The van der Waals surface area contributed by atoms with Crippen molar-refractivity contribution < 1.29 is 23.7 Å². The normalized spacial score (nSPS) is 16.7. The Labute approximate surface area is 200 Å². The monoisotopic (exact) mass is 459 g/mol. The second-order valence-corrected chi connectivity index (χ2v) is 8.25. The summed E-state index contributed by atoms with van der Waals surface area (Å²) in [6, 6.07) is 18.2. The summed E-state index contributed by atoms with van der Waals surface area (Å²) in [7, 11) is 3.34. The molecule has 3 aromatic carbocycles. The van der Waals surface area contributed by atoms with Gasteiger partial charge in [0.1, 0.15) is 25.6 Å². The van der Waals surface area contributed by atoms with Crippen LogP contribution in [-0.4, -0.2) is 34.0 Å². The quantitative estimate of drug-likeness (QED) is 0.539. The second kappa shape index (κ2) is 10.1. The van der Waals surface area contributed by atoms with Crippen LogP contribution in [-0.2, 0) is 13.0 Å². The maximum atomic E-state index is 6.12. The molecule has 2 aliphatic heterocycles. The van der Waals surface area contributed by atoms with Crippen LogP contribution in [0.4, 0.5) is 0 Å². The molecule has 1 unspecified atom stereocenters. The molecule has 2 heterocycles. The van der Waals surface area contributed by atoms with Crippen molar-refractivity contribution in [1.82, 2.24) is 5.32 Å². The van der Waals surface area contributed by atoms with Gasteiger partial charge in [0.2, 0.25) is 0 Å². The summed E-state index contributed by atoms with van der Waals surface area (Å²) in [5, 5.41) is 3.59. The van der Waals surface area contributed by atoms with Gasteiger partial charge >= 0.3 is 0 Å². The van der Waals surface area contributed by atoms with Crippen molar-refractivity contribution in [2.24, 2.45) is 0 Å². The molecule has 0 saturated carbocycles. The van der Waals surface area contributed by atoms with Crippen molar-refractivity contribution in [3.8, 4) is 28.7 Å². The summed E-state index contributed by atoms with van der Waals surface area (Å²) >= 11 is 0. The maximum absolute atomic E-state index is 6.12. The lowest BCUT2D eigenvalue weighted by atomic mass is 9.93. The molecule has 176 valence electrons. The Kier molecular flexibility index (Phi) is 6.58. The molecule has 3 aromatic rings. The Bertz CT molecular complexity index is 1180. The molecule has 1 atom stereocenters. The van der Waals surface area contributed by atoms with Gasteiger partial charge in [0.05, 0.1) is 20.3 Å². The standard InChI is InChI=1S/C28H29NO5/c1-30-24-17-28-27(32-12-13-33-28)15-21(24)8-9-23-22-16-25(31-2)26(14-20(22)10-11-29-23)34-18-19-6-4-3-5-7-19/h3-9,14-17,23,29H,10-13,18H2,1-2H3. The van der Waals surface area contributed by atoms with Crippen LogP contribution in [0.25, 0.3) is 6.08 Å². The van der Waals surface area contributed by atoms with E-state index in [0.717, 1.165) is 47.1 Å². The minimum atomic E-state index is 0.0405. The van der Waals surface area contributed by atoms with Crippen molar-refractivity contribution in [1.29, 1.82) is 0 Å². The largest absolute Gasteiger partial charge is 0.496 e. The maximum Gasteiger partial charge on any atom is 0.165 e. The number of benzene rings is 3. The van der Waals surface area contributed by atoms with Crippen LogP contribution in [0.3, 0.4) is 0 Å². The molecule has 2 aliphatic rings. The number of rotatable bonds is 7. The zero-order valence-electron chi connectivity index (χ0n) is 19.5. The summed E-state index contributed by atoms with van der Waals surface area (Å²) in [6.45, 7) is 2.48. The first kappa shape index (κ1) is 22.2. The topological polar surface area (TPSA) is 58.2 Å². The number of fused-ring (bicyclic) bond motifs is 2. The average Bonchev–Trinajstić information content (AvgIpc) is 2.90. The van der Waals surface area contributed by atoms with Crippen LogP contribution in [0.1, 0.15) is 28.3 Å². The number of nitrogens with one attached hydrogen (secondary N) is 1. The highest BCUT2D eigenvalue weighted by Crippen LogP contribution is 2.39. The highest BCUT2D eigenvalue weighted by Gasteiger charge is 2.22. The van der Waals surface area contributed by atoms with Crippen molar-refractivity contribution in [3.05, 3.63) is 82.9 Å². The minimum Gasteiger partial charge on any atom is -0.496 e. The van der Waals surface area contributed by atoms with E-state index in [9.17, 15) is 0 Å². The van der Waals surface area contributed by atoms with Gasteiger partial charge in [0.25, 0.3) is 0 Å². The van der Waals surface area contributed by atoms with Crippen molar-refractivity contribution in [2.45, 2.75) is 19.1 Å². The first-order valence-electron chi connectivity index (χ1n) is 11.5. The Morgan fingerprint density at radius 3 is 2.44 bits per heavy atom. The zero-order valence-corrected chi connectivity index (χ0v) is 19.5. The van der Waals surface area contributed by atoms with Crippen molar-refractivity contribution in [2.75, 3.05) is 34.0 Å². The van der Waals surface area contributed by atoms with Gasteiger partial charge in [0, 0.05) is 18.2 Å². The second-order valence-electron chi connectivity index (χ2n) is 8.25. The zero-order chi connectivity index (χ0) is 23.3. The van der Waals surface area contributed by atoms with Gasteiger partial charge in [-0.1, -0.05) is 42.5 Å².